The van der Waals surface area contributed by atoms with Crippen molar-refractivity contribution < 1.29 is 14.3 Å². The molecule has 3 nitrogen and oxygen atoms in total. The van der Waals surface area contributed by atoms with E-state index >= 15 is 0 Å². The summed E-state index contributed by atoms with van der Waals surface area (Å²) in [5.41, 5.74) is 0. The van der Waals surface area contributed by atoms with Gasteiger partial charge in [-0.15, -0.1) is 0 Å². The molecule has 0 spiro atoms. The molecule has 2 atom stereocenters. The predicted molar refractivity (Wildman–Crippen MR) is 58.6 cm³/mol. The Labute approximate surface area is 87.5 Å². The van der Waals surface area contributed by atoms with Crippen molar-refractivity contribution in [2.75, 3.05) is 6.61 Å². The number of ether oxygens (including phenoxy) is 1. The van der Waals surface area contributed by atoms with Gasteiger partial charge >= 0.3 is 0 Å². The summed E-state index contributed by atoms with van der Waals surface area (Å²) >= 11 is 0. The summed E-state index contributed by atoms with van der Waals surface area (Å²) in [6.07, 6.45) is -0.0201. The van der Waals surface area contributed by atoms with E-state index < -0.39 is 14.6 Å². The molecule has 4 heteroatoms. The number of aliphatic hydroxyl groups is 1. The molecule has 1 rings (SSSR count). The summed E-state index contributed by atoms with van der Waals surface area (Å²) in [7, 11) is -1.75. The molecule has 1 fully saturated rings. The molecule has 1 aliphatic rings. The third kappa shape index (κ3) is 2.57. The summed E-state index contributed by atoms with van der Waals surface area (Å²) in [6, 6.07) is 0. The monoisotopic (exact) mass is 218 g/mol. The van der Waals surface area contributed by atoms with Crippen LogP contribution in [-0.4, -0.2) is 32.4 Å². The van der Waals surface area contributed by atoms with E-state index in [4.69, 9.17) is 9.16 Å². The van der Waals surface area contributed by atoms with E-state index in [-0.39, 0.29) is 11.1 Å². The lowest BCUT2D eigenvalue weighted by atomic mass is 10.2. The van der Waals surface area contributed by atoms with Crippen molar-refractivity contribution in [3.05, 3.63) is 0 Å². The Morgan fingerprint density at radius 2 is 1.93 bits per heavy atom. The molecule has 14 heavy (non-hydrogen) atoms. The number of aliphatic hydroxyl groups excluding tert-OH is 1. The van der Waals surface area contributed by atoms with Gasteiger partial charge in [0.25, 0.3) is 0 Å². The van der Waals surface area contributed by atoms with Crippen molar-refractivity contribution in [1.82, 2.24) is 0 Å². The molecule has 0 amide bonds. The molecule has 1 unspecified atom stereocenters. The molecular weight excluding hydrogens is 196 g/mol. The van der Waals surface area contributed by atoms with E-state index in [1.807, 2.05) is 0 Å². The van der Waals surface area contributed by atoms with Crippen molar-refractivity contribution in [3.63, 3.8) is 0 Å². The maximum atomic E-state index is 9.49. The van der Waals surface area contributed by atoms with Gasteiger partial charge in [0, 0.05) is 6.42 Å². The fourth-order valence-electron chi connectivity index (χ4n) is 1.23. The minimum atomic E-state index is -1.75. The number of rotatable bonds is 2. The smallest absolute Gasteiger partial charge is 0.192 e. The van der Waals surface area contributed by atoms with Crippen LogP contribution in [0.5, 0.6) is 0 Å². The summed E-state index contributed by atoms with van der Waals surface area (Å²) in [5.74, 6) is 0. The van der Waals surface area contributed by atoms with E-state index in [1.54, 1.807) is 0 Å². The van der Waals surface area contributed by atoms with Crippen LogP contribution in [0.1, 0.15) is 27.2 Å². The first-order valence-electron chi connectivity index (χ1n) is 5.21. The molecule has 0 aromatic rings. The summed E-state index contributed by atoms with van der Waals surface area (Å²) in [5, 5.41) is 9.68. The fourth-order valence-corrected chi connectivity index (χ4v) is 2.57. The Bertz CT molecular complexity index is 198. The molecule has 0 aromatic carbocycles. The third-order valence-electron chi connectivity index (χ3n) is 3.26. The summed E-state index contributed by atoms with van der Waals surface area (Å²) in [4.78, 5) is 0. The van der Waals surface area contributed by atoms with E-state index in [9.17, 15) is 5.11 Å². The quantitative estimate of drug-likeness (QED) is 0.722. The van der Waals surface area contributed by atoms with Crippen LogP contribution in [0, 0.1) is 0 Å². The van der Waals surface area contributed by atoms with E-state index in [0.717, 1.165) is 6.42 Å². The first-order valence-corrected chi connectivity index (χ1v) is 8.12. The molecule has 0 aliphatic carbocycles. The van der Waals surface area contributed by atoms with Crippen LogP contribution < -0.4 is 0 Å². The predicted octanol–water partition coefficient (Wildman–Crippen LogP) is 2.12. The van der Waals surface area contributed by atoms with Gasteiger partial charge < -0.3 is 14.3 Å². The van der Waals surface area contributed by atoms with Crippen molar-refractivity contribution in [2.24, 2.45) is 0 Å². The first kappa shape index (κ1) is 12.2. The maximum Gasteiger partial charge on any atom is 0.192 e. The summed E-state index contributed by atoms with van der Waals surface area (Å²) < 4.78 is 11.1. The largest absolute Gasteiger partial charge is 0.409 e. The summed E-state index contributed by atoms with van der Waals surface area (Å²) in [6.45, 7) is 11.6. The van der Waals surface area contributed by atoms with Crippen molar-refractivity contribution in [2.45, 2.75) is 57.7 Å². The van der Waals surface area contributed by atoms with Gasteiger partial charge in [0.15, 0.2) is 14.6 Å². The molecule has 0 radical (unpaired) electrons. The minimum absolute atomic E-state index is 0.115. The van der Waals surface area contributed by atoms with Crippen LogP contribution in [-0.2, 0) is 9.16 Å². The third-order valence-corrected chi connectivity index (χ3v) is 7.77. The van der Waals surface area contributed by atoms with Gasteiger partial charge in [-0.25, -0.2) is 0 Å². The van der Waals surface area contributed by atoms with E-state index in [0.29, 0.717) is 6.61 Å². The van der Waals surface area contributed by atoms with E-state index in [1.165, 1.54) is 0 Å². The van der Waals surface area contributed by atoms with Gasteiger partial charge in [0.1, 0.15) is 0 Å². The van der Waals surface area contributed by atoms with E-state index in [2.05, 4.69) is 33.9 Å². The maximum absolute atomic E-state index is 9.49. The minimum Gasteiger partial charge on any atom is -0.409 e. The van der Waals surface area contributed by atoms with Crippen LogP contribution in [0.15, 0.2) is 0 Å². The highest BCUT2D eigenvalue weighted by Crippen LogP contribution is 2.38. The Balaban J connectivity index is 2.58. The zero-order chi connectivity index (χ0) is 11.0. The molecule has 1 heterocycles. The molecule has 1 aliphatic heterocycles. The lowest BCUT2D eigenvalue weighted by Crippen LogP contribution is -2.45. The molecular formula is C10H22O3Si. The molecule has 0 aromatic heterocycles. The van der Waals surface area contributed by atoms with Crippen LogP contribution in [0.4, 0.5) is 0 Å². The zero-order valence-corrected chi connectivity index (χ0v) is 10.8. The molecule has 84 valence electrons. The average molecular weight is 218 g/mol. The second-order valence-corrected chi connectivity index (χ2v) is 10.2. The van der Waals surface area contributed by atoms with Crippen molar-refractivity contribution in [3.8, 4) is 0 Å². The van der Waals surface area contributed by atoms with Gasteiger partial charge in [-0.3, -0.25) is 0 Å². The van der Waals surface area contributed by atoms with Crippen molar-refractivity contribution >= 4 is 8.32 Å². The topological polar surface area (TPSA) is 38.7 Å². The zero-order valence-electron chi connectivity index (χ0n) is 9.83. The van der Waals surface area contributed by atoms with Crippen molar-refractivity contribution in [1.29, 1.82) is 0 Å². The Morgan fingerprint density at radius 3 is 2.29 bits per heavy atom. The SMILES string of the molecule is CC(C)(C)[Si](C)(C)O[C@@H]1CCOC1O. The molecule has 1 N–H and O–H groups in total. The van der Waals surface area contributed by atoms with Gasteiger partial charge in [-0.1, -0.05) is 20.8 Å². The Hall–Kier alpha value is 0.0969. The second-order valence-electron chi connectivity index (χ2n) is 5.47. The molecule has 0 saturated carbocycles. The number of hydrogen-bond donors (Lipinski definition) is 1. The fraction of sp³-hybridized carbons (Fsp3) is 1.00. The van der Waals surface area contributed by atoms with Crippen LogP contribution in [0.2, 0.25) is 18.1 Å². The normalized spacial score (nSPS) is 29.6. The Morgan fingerprint density at radius 1 is 1.36 bits per heavy atom. The van der Waals surface area contributed by atoms with Crippen LogP contribution >= 0.6 is 0 Å². The highest BCUT2D eigenvalue weighted by molar-refractivity contribution is 6.74. The highest BCUT2D eigenvalue weighted by Gasteiger charge is 2.41. The van der Waals surface area contributed by atoms with Gasteiger partial charge in [-0.05, 0) is 18.1 Å². The van der Waals surface area contributed by atoms with Crippen LogP contribution in [0.3, 0.4) is 0 Å². The second kappa shape index (κ2) is 3.93. The lowest BCUT2D eigenvalue weighted by Gasteiger charge is -2.38. The first-order chi connectivity index (χ1) is 6.24. The molecule has 1 saturated heterocycles. The van der Waals surface area contributed by atoms with Crippen LogP contribution in [0.25, 0.3) is 0 Å². The lowest BCUT2D eigenvalue weighted by molar-refractivity contribution is -0.104. The van der Waals surface area contributed by atoms with Gasteiger partial charge in [-0.2, -0.15) is 0 Å². The number of hydrogen-bond acceptors (Lipinski definition) is 3. The average Bonchev–Trinajstić information content (AvgIpc) is 2.33. The molecule has 0 bridgehead atoms. The van der Waals surface area contributed by atoms with Gasteiger partial charge in [0.05, 0.1) is 12.7 Å². The Kier molecular flexibility index (Phi) is 3.41. The highest BCUT2D eigenvalue weighted by atomic mass is 28.4. The van der Waals surface area contributed by atoms with Gasteiger partial charge in [0.2, 0.25) is 0 Å². The standard InChI is InChI=1S/C10H22O3Si/c1-10(2,3)14(4,5)13-8-6-7-12-9(8)11/h8-9,11H,6-7H2,1-5H3/t8-,9?/m1/s1.